The summed E-state index contributed by atoms with van der Waals surface area (Å²) in [6.07, 6.45) is 18.1. The molecule has 1 aliphatic rings. The first-order valence-corrected chi connectivity index (χ1v) is 12.0. The lowest BCUT2D eigenvalue weighted by molar-refractivity contribution is -0.138. The highest BCUT2D eigenvalue weighted by Gasteiger charge is 2.33. The summed E-state index contributed by atoms with van der Waals surface area (Å²) < 4.78 is 0. The van der Waals surface area contributed by atoms with Crippen LogP contribution in [0.25, 0.3) is 0 Å². The van der Waals surface area contributed by atoms with Gasteiger partial charge < -0.3 is 16.0 Å². The number of nitrogens with one attached hydrogen (secondary N) is 1. The number of carbonyl (C=O) groups is 2. The monoisotopic (exact) mass is 395 g/mol. The molecule has 0 saturated carbocycles. The second-order valence-electron chi connectivity index (χ2n) is 8.32. The Morgan fingerprint density at radius 3 is 2.14 bits per heavy atom. The molecular formula is C23H45N3O2. The third kappa shape index (κ3) is 11.0. The van der Waals surface area contributed by atoms with Gasteiger partial charge in [0, 0.05) is 19.5 Å². The van der Waals surface area contributed by atoms with Gasteiger partial charge in [-0.1, -0.05) is 71.1 Å². The quantitative estimate of drug-likeness (QED) is 0.355. The van der Waals surface area contributed by atoms with E-state index in [1.165, 1.54) is 51.4 Å². The standard InChI is InChI=1S/C23H45N3O2/c1-2-3-4-5-6-7-8-9-10-12-17-22(27)26-20-15-16-21(26)23(28)25-19-14-11-13-18-24/h21H,2-20,24H2,1H3,(H,25,28). The molecule has 1 fully saturated rings. The van der Waals surface area contributed by atoms with Crippen LogP contribution in [0.2, 0.25) is 0 Å². The molecule has 0 aromatic carbocycles. The Morgan fingerprint density at radius 1 is 0.893 bits per heavy atom. The summed E-state index contributed by atoms with van der Waals surface area (Å²) in [6, 6.07) is -0.245. The van der Waals surface area contributed by atoms with E-state index in [2.05, 4.69) is 12.2 Å². The number of hydrogen-bond donors (Lipinski definition) is 2. The van der Waals surface area contributed by atoms with Crippen LogP contribution in [0.5, 0.6) is 0 Å². The summed E-state index contributed by atoms with van der Waals surface area (Å²) in [5.74, 6) is 0.196. The van der Waals surface area contributed by atoms with Crippen LogP contribution in [0.1, 0.15) is 110 Å². The molecule has 0 aliphatic carbocycles. The number of rotatable bonds is 17. The van der Waals surface area contributed by atoms with Crippen LogP contribution in [-0.4, -0.2) is 42.4 Å². The van der Waals surface area contributed by atoms with Gasteiger partial charge in [-0.05, 0) is 38.6 Å². The normalized spacial score (nSPS) is 16.5. The van der Waals surface area contributed by atoms with Crippen LogP contribution in [0.4, 0.5) is 0 Å². The first kappa shape index (κ1) is 24.9. The number of nitrogens with two attached hydrogens (primary N) is 1. The Kier molecular flexibility index (Phi) is 15.0. The number of nitrogens with zero attached hydrogens (tertiary/aromatic N) is 1. The predicted octanol–water partition coefficient (Wildman–Crippen LogP) is 4.53. The fourth-order valence-electron chi connectivity index (χ4n) is 4.02. The van der Waals surface area contributed by atoms with Crippen molar-refractivity contribution in [1.82, 2.24) is 10.2 Å². The van der Waals surface area contributed by atoms with Crippen molar-refractivity contribution in [3.05, 3.63) is 0 Å². The minimum atomic E-state index is -0.245. The largest absolute Gasteiger partial charge is 0.354 e. The summed E-state index contributed by atoms with van der Waals surface area (Å²) in [6.45, 7) is 4.39. The van der Waals surface area contributed by atoms with Crippen LogP contribution in [0.15, 0.2) is 0 Å². The van der Waals surface area contributed by atoms with Crippen molar-refractivity contribution in [2.24, 2.45) is 5.73 Å². The maximum atomic E-state index is 12.5. The first-order chi connectivity index (χ1) is 13.7. The molecule has 0 radical (unpaired) electrons. The predicted molar refractivity (Wildman–Crippen MR) is 117 cm³/mol. The maximum Gasteiger partial charge on any atom is 0.242 e. The van der Waals surface area contributed by atoms with Gasteiger partial charge in [0.15, 0.2) is 0 Å². The minimum Gasteiger partial charge on any atom is -0.354 e. The van der Waals surface area contributed by atoms with E-state index in [0.29, 0.717) is 19.5 Å². The Bertz CT molecular complexity index is 415. The minimum absolute atomic E-state index is 0.0293. The van der Waals surface area contributed by atoms with Gasteiger partial charge in [-0.2, -0.15) is 0 Å². The van der Waals surface area contributed by atoms with Crippen LogP contribution in [0.3, 0.4) is 0 Å². The van der Waals surface area contributed by atoms with Crippen LogP contribution in [0, 0.1) is 0 Å². The van der Waals surface area contributed by atoms with Crippen molar-refractivity contribution in [1.29, 1.82) is 0 Å². The van der Waals surface area contributed by atoms with E-state index in [1.54, 1.807) is 0 Å². The fraction of sp³-hybridized carbons (Fsp3) is 0.913. The number of carbonyl (C=O) groups excluding carboxylic acids is 2. The molecule has 2 amide bonds. The Balaban J connectivity index is 2.10. The van der Waals surface area contributed by atoms with Gasteiger partial charge in [-0.25, -0.2) is 0 Å². The van der Waals surface area contributed by atoms with Gasteiger partial charge in [0.2, 0.25) is 11.8 Å². The summed E-state index contributed by atoms with van der Waals surface area (Å²) in [4.78, 5) is 26.8. The smallest absolute Gasteiger partial charge is 0.242 e. The highest BCUT2D eigenvalue weighted by molar-refractivity contribution is 5.88. The summed E-state index contributed by atoms with van der Waals surface area (Å²) in [5.41, 5.74) is 5.49. The van der Waals surface area contributed by atoms with Gasteiger partial charge in [-0.3, -0.25) is 9.59 Å². The maximum absolute atomic E-state index is 12.5. The lowest BCUT2D eigenvalue weighted by atomic mass is 10.1. The van der Waals surface area contributed by atoms with Crippen LogP contribution in [-0.2, 0) is 9.59 Å². The zero-order valence-corrected chi connectivity index (χ0v) is 18.4. The molecule has 5 nitrogen and oxygen atoms in total. The molecule has 0 spiro atoms. The molecule has 0 aromatic heterocycles. The molecule has 3 N–H and O–H groups in total. The summed E-state index contributed by atoms with van der Waals surface area (Å²) in [5, 5.41) is 3.00. The van der Waals surface area contributed by atoms with Gasteiger partial charge in [-0.15, -0.1) is 0 Å². The second kappa shape index (κ2) is 16.8. The van der Waals surface area contributed by atoms with Gasteiger partial charge in [0.1, 0.15) is 6.04 Å². The molecule has 1 aliphatic heterocycles. The zero-order valence-electron chi connectivity index (χ0n) is 18.4. The van der Waals surface area contributed by atoms with Gasteiger partial charge >= 0.3 is 0 Å². The number of unbranched alkanes of at least 4 members (excludes halogenated alkanes) is 11. The van der Waals surface area contributed by atoms with E-state index >= 15 is 0 Å². The topological polar surface area (TPSA) is 75.4 Å². The molecule has 164 valence electrons. The molecule has 1 atom stereocenters. The Morgan fingerprint density at radius 2 is 1.50 bits per heavy atom. The zero-order chi connectivity index (χ0) is 20.5. The molecule has 5 heteroatoms. The van der Waals surface area contributed by atoms with Crippen molar-refractivity contribution in [3.63, 3.8) is 0 Å². The van der Waals surface area contributed by atoms with E-state index in [1.807, 2.05) is 4.90 Å². The summed E-state index contributed by atoms with van der Waals surface area (Å²) in [7, 11) is 0. The molecule has 28 heavy (non-hydrogen) atoms. The van der Waals surface area contributed by atoms with Gasteiger partial charge in [0.05, 0.1) is 0 Å². The van der Waals surface area contributed by atoms with Gasteiger partial charge in [0.25, 0.3) is 0 Å². The third-order valence-electron chi connectivity index (χ3n) is 5.80. The lowest BCUT2D eigenvalue weighted by Gasteiger charge is -2.24. The molecule has 0 bridgehead atoms. The van der Waals surface area contributed by atoms with Crippen molar-refractivity contribution in [2.45, 2.75) is 116 Å². The summed E-state index contributed by atoms with van der Waals surface area (Å²) >= 11 is 0. The molecule has 1 rings (SSSR count). The van der Waals surface area contributed by atoms with Crippen LogP contribution >= 0.6 is 0 Å². The molecule has 0 aromatic rings. The lowest BCUT2D eigenvalue weighted by Crippen LogP contribution is -2.46. The van der Waals surface area contributed by atoms with Crippen molar-refractivity contribution in [2.75, 3.05) is 19.6 Å². The average molecular weight is 396 g/mol. The van der Waals surface area contributed by atoms with E-state index in [-0.39, 0.29) is 17.9 Å². The van der Waals surface area contributed by atoms with E-state index in [0.717, 1.165) is 51.5 Å². The number of hydrogen-bond acceptors (Lipinski definition) is 3. The molecule has 1 heterocycles. The average Bonchev–Trinajstić information content (AvgIpc) is 3.19. The molecular weight excluding hydrogens is 350 g/mol. The van der Waals surface area contributed by atoms with E-state index < -0.39 is 0 Å². The number of amides is 2. The van der Waals surface area contributed by atoms with E-state index in [9.17, 15) is 9.59 Å². The molecule has 1 saturated heterocycles. The molecule has 1 unspecified atom stereocenters. The van der Waals surface area contributed by atoms with Crippen LogP contribution < -0.4 is 11.1 Å². The van der Waals surface area contributed by atoms with Crippen molar-refractivity contribution >= 4 is 11.8 Å². The SMILES string of the molecule is CCCCCCCCCCCCC(=O)N1CCCC1C(=O)NCCCCCN. The second-order valence-corrected chi connectivity index (χ2v) is 8.32. The van der Waals surface area contributed by atoms with Crippen molar-refractivity contribution < 1.29 is 9.59 Å². The third-order valence-corrected chi connectivity index (χ3v) is 5.80. The Hall–Kier alpha value is -1.10. The first-order valence-electron chi connectivity index (χ1n) is 12.0. The number of likely N-dealkylation sites (tertiary alicyclic amines) is 1. The highest BCUT2D eigenvalue weighted by Crippen LogP contribution is 2.20. The highest BCUT2D eigenvalue weighted by atomic mass is 16.2. The Labute approximate surface area is 173 Å². The fourth-order valence-corrected chi connectivity index (χ4v) is 4.02. The van der Waals surface area contributed by atoms with Crippen molar-refractivity contribution in [3.8, 4) is 0 Å². The van der Waals surface area contributed by atoms with E-state index in [4.69, 9.17) is 5.73 Å².